The fourth-order valence-corrected chi connectivity index (χ4v) is 3.34. The molecule has 21 heavy (non-hydrogen) atoms. The number of aryl methyl sites for hydroxylation is 2. The zero-order valence-electron chi connectivity index (χ0n) is 13.2. The van der Waals surface area contributed by atoms with Gasteiger partial charge in [-0.15, -0.1) is 18.3 Å². The van der Waals surface area contributed by atoms with Crippen LogP contribution in [0.2, 0.25) is 0 Å². The van der Waals surface area contributed by atoms with E-state index in [2.05, 4.69) is 62.0 Å². The molecule has 0 amide bonds. The highest BCUT2D eigenvalue weighted by Crippen LogP contribution is 2.31. The Balaban J connectivity index is 2.23. The lowest BCUT2D eigenvalue weighted by Gasteiger charge is -2.18. The van der Waals surface area contributed by atoms with Gasteiger partial charge >= 0.3 is 0 Å². The van der Waals surface area contributed by atoms with Gasteiger partial charge in [0.1, 0.15) is 0 Å². The highest BCUT2D eigenvalue weighted by molar-refractivity contribution is 7.99. The van der Waals surface area contributed by atoms with Crippen molar-refractivity contribution in [2.75, 3.05) is 11.1 Å². The smallest absolute Gasteiger partial charge is 0.0649 e. The zero-order valence-corrected chi connectivity index (χ0v) is 14.0. The summed E-state index contributed by atoms with van der Waals surface area (Å²) >= 11 is 1.80. The molecule has 1 atom stereocenters. The molecule has 3 nitrogen and oxygen atoms in total. The molecule has 0 radical (unpaired) electrons. The summed E-state index contributed by atoms with van der Waals surface area (Å²) in [6, 6.07) is 8.64. The van der Waals surface area contributed by atoms with Crippen molar-refractivity contribution in [3.63, 3.8) is 0 Å². The molecule has 0 spiro atoms. The molecule has 0 bridgehead atoms. The first-order valence-corrected chi connectivity index (χ1v) is 8.12. The predicted octanol–water partition coefficient (Wildman–Crippen LogP) is 4.49. The highest BCUT2D eigenvalue weighted by Gasteiger charge is 2.17. The number of nitrogens with one attached hydrogen (secondary N) is 1. The molecule has 112 valence electrons. The van der Waals surface area contributed by atoms with Crippen LogP contribution in [0.25, 0.3) is 0 Å². The second-order valence-corrected chi connectivity index (χ2v) is 6.23. The minimum Gasteiger partial charge on any atom is -0.377 e. The van der Waals surface area contributed by atoms with Crippen molar-refractivity contribution >= 4 is 17.4 Å². The molecule has 0 aliphatic heterocycles. The Morgan fingerprint density at radius 1 is 1.38 bits per heavy atom. The number of aromatic nitrogens is 2. The first-order chi connectivity index (χ1) is 10.0. The maximum Gasteiger partial charge on any atom is 0.0649 e. The number of hydrogen-bond donors (Lipinski definition) is 1. The number of nitrogens with zero attached hydrogens (tertiary/aromatic N) is 2. The van der Waals surface area contributed by atoms with Crippen LogP contribution in [-0.2, 0) is 7.05 Å². The summed E-state index contributed by atoms with van der Waals surface area (Å²) in [6.07, 6.45) is 1.93. The van der Waals surface area contributed by atoms with Gasteiger partial charge in [-0.3, -0.25) is 4.68 Å². The van der Waals surface area contributed by atoms with E-state index in [1.54, 1.807) is 11.8 Å². The molecular formula is C17H23N3S. The van der Waals surface area contributed by atoms with Crippen LogP contribution < -0.4 is 5.32 Å². The van der Waals surface area contributed by atoms with Crippen molar-refractivity contribution in [3.05, 3.63) is 53.9 Å². The third-order valence-corrected chi connectivity index (χ3v) is 4.68. The number of anilines is 1. The minimum absolute atomic E-state index is 0.226. The summed E-state index contributed by atoms with van der Waals surface area (Å²) in [6.45, 7) is 10.2. The average molecular weight is 301 g/mol. The molecule has 2 aromatic rings. The van der Waals surface area contributed by atoms with Crippen LogP contribution in [0.4, 0.5) is 5.69 Å². The van der Waals surface area contributed by atoms with Crippen molar-refractivity contribution in [1.82, 2.24) is 9.78 Å². The number of rotatable bonds is 6. The Labute approximate surface area is 131 Å². The summed E-state index contributed by atoms with van der Waals surface area (Å²) in [4.78, 5) is 1.25. The normalized spacial score (nSPS) is 12.2. The molecule has 1 aromatic heterocycles. The molecular weight excluding hydrogens is 278 g/mol. The van der Waals surface area contributed by atoms with Gasteiger partial charge in [0.05, 0.1) is 11.7 Å². The SMILES string of the molecule is C=CCSc1ccccc1NC(C)c1c(C)nn(C)c1C. The molecule has 1 heterocycles. The third-order valence-electron chi connectivity index (χ3n) is 3.61. The van der Waals surface area contributed by atoms with E-state index < -0.39 is 0 Å². The molecule has 0 saturated heterocycles. The van der Waals surface area contributed by atoms with E-state index >= 15 is 0 Å². The third kappa shape index (κ3) is 3.50. The molecule has 1 aromatic carbocycles. The van der Waals surface area contributed by atoms with Crippen molar-refractivity contribution in [2.24, 2.45) is 7.05 Å². The lowest BCUT2D eigenvalue weighted by Crippen LogP contribution is -2.09. The van der Waals surface area contributed by atoms with Crippen LogP contribution in [0.5, 0.6) is 0 Å². The maximum atomic E-state index is 4.50. The Hall–Kier alpha value is -1.68. The van der Waals surface area contributed by atoms with Crippen LogP contribution >= 0.6 is 11.8 Å². The average Bonchev–Trinajstić information content (AvgIpc) is 2.71. The summed E-state index contributed by atoms with van der Waals surface area (Å²) in [5.74, 6) is 0.915. The number of thioether (sulfide) groups is 1. The molecule has 0 saturated carbocycles. The number of benzene rings is 1. The van der Waals surface area contributed by atoms with Gasteiger partial charge in [0.25, 0.3) is 0 Å². The summed E-state index contributed by atoms with van der Waals surface area (Å²) < 4.78 is 1.95. The van der Waals surface area contributed by atoms with Crippen LogP contribution in [0.3, 0.4) is 0 Å². The van der Waals surface area contributed by atoms with Crippen LogP contribution in [-0.4, -0.2) is 15.5 Å². The fraction of sp³-hybridized carbons (Fsp3) is 0.353. The second-order valence-electron chi connectivity index (χ2n) is 5.17. The standard InChI is InChI=1S/C17H23N3S/c1-6-11-21-16-10-8-7-9-15(16)18-12(2)17-13(3)19-20(5)14(17)4/h6-10,12,18H,1,11H2,2-5H3. The first kappa shape index (κ1) is 15.7. The van der Waals surface area contributed by atoms with E-state index in [0.29, 0.717) is 0 Å². The van der Waals surface area contributed by atoms with Gasteiger partial charge in [0.2, 0.25) is 0 Å². The lowest BCUT2D eigenvalue weighted by molar-refractivity contribution is 0.728. The van der Waals surface area contributed by atoms with Crippen LogP contribution in [0.15, 0.2) is 41.8 Å². The van der Waals surface area contributed by atoms with Crippen molar-refractivity contribution in [2.45, 2.75) is 31.7 Å². The summed E-state index contributed by atoms with van der Waals surface area (Å²) in [5.41, 5.74) is 4.75. The number of para-hydroxylation sites is 1. The quantitative estimate of drug-likeness (QED) is 0.630. The van der Waals surface area contributed by atoms with Gasteiger partial charge in [0.15, 0.2) is 0 Å². The monoisotopic (exact) mass is 301 g/mol. The maximum absolute atomic E-state index is 4.50. The van der Waals surface area contributed by atoms with Gasteiger partial charge in [-0.2, -0.15) is 5.10 Å². The van der Waals surface area contributed by atoms with E-state index in [0.717, 1.165) is 11.4 Å². The molecule has 0 fully saturated rings. The summed E-state index contributed by atoms with van der Waals surface area (Å²) in [7, 11) is 1.99. The van der Waals surface area contributed by atoms with Gasteiger partial charge in [-0.05, 0) is 32.9 Å². The van der Waals surface area contributed by atoms with E-state index in [1.165, 1.54) is 21.8 Å². The topological polar surface area (TPSA) is 29.9 Å². The fourth-order valence-electron chi connectivity index (χ4n) is 2.58. The molecule has 0 aliphatic rings. The van der Waals surface area contributed by atoms with Crippen molar-refractivity contribution in [3.8, 4) is 0 Å². The van der Waals surface area contributed by atoms with Crippen molar-refractivity contribution in [1.29, 1.82) is 0 Å². The van der Waals surface area contributed by atoms with Gasteiger partial charge in [-0.1, -0.05) is 18.2 Å². The Morgan fingerprint density at radius 3 is 2.71 bits per heavy atom. The Bertz CT molecular complexity index is 631. The predicted molar refractivity (Wildman–Crippen MR) is 92.1 cm³/mol. The largest absolute Gasteiger partial charge is 0.377 e. The van der Waals surface area contributed by atoms with E-state index in [-0.39, 0.29) is 6.04 Å². The highest BCUT2D eigenvalue weighted by atomic mass is 32.2. The first-order valence-electron chi connectivity index (χ1n) is 7.14. The van der Waals surface area contributed by atoms with Gasteiger partial charge in [-0.25, -0.2) is 0 Å². The summed E-state index contributed by atoms with van der Waals surface area (Å²) in [5, 5.41) is 8.13. The molecule has 4 heteroatoms. The minimum atomic E-state index is 0.226. The number of hydrogen-bond acceptors (Lipinski definition) is 3. The van der Waals surface area contributed by atoms with Crippen LogP contribution in [0, 0.1) is 13.8 Å². The zero-order chi connectivity index (χ0) is 15.4. The van der Waals surface area contributed by atoms with E-state index in [9.17, 15) is 0 Å². The Kier molecular flexibility index (Phi) is 5.12. The molecule has 1 N–H and O–H groups in total. The molecule has 1 unspecified atom stereocenters. The molecule has 2 rings (SSSR count). The van der Waals surface area contributed by atoms with Crippen molar-refractivity contribution < 1.29 is 0 Å². The van der Waals surface area contributed by atoms with E-state index in [1.807, 2.05) is 17.8 Å². The second kappa shape index (κ2) is 6.85. The Morgan fingerprint density at radius 2 is 2.10 bits per heavy atom. The lowest BCUT2D eigenvalue weighted by atomic mass is 10.1. The molecule has 0 aliphatic carbocycles. The van der Waals surface area contributed by atoms with E-state index in [4.69, 9.17) is 0 Å². The van der Waals surface area contributed by atoms with Crippen LogP contribution in [0.1, 0.15) is 29.9 Å². The van der Waals surface area contributed by atoms with Gasteiger partial charge in [0, 0.05) is 34.6 Å². The van der Waals surface area contributed by atoms with Gasteiger partial charge < -0.3 is 5.32 Å².